The predicted octanol–water partition coefficient (Wildman–Crippen LogP) is 0.543. The third-order valence-electron chi connectivity index (χ3n) is 5.71. The minimum absolute atomic E-state index is 0.0288. The summed E-state index contributed by atoms with van der Waals surface area (Å²) in [5.41, 5.74) is 0.660. The number of methoxy groups -OCH3 is 1. The molecule has 1 N–H and O–H groups in total. The Hall–Kier alpha value is -2.43. The van der Waals surface area contributed by atoms with Crippen LogP contribution in [-0.4, -0.2) is 92.2 Å². The number of rotatable bonds is 4. The van der Waals surface area contributed by atoms with Gasteiger partial charge >= 0.3 is 5.97 Å². The maximum Gasteiger partial charge on any atom is 0.337 e. The van der Waals surface area contributed by atoms with Crippen molar-refractivity contribution in [3.05, 3.63) is 40.9 Å². The van der Waals surface area contributed by atoms with Crippen LogP contribution in [0.25, 0.3) is 0 Å². The largest absolute Gasteiger partial charge is 0.466 e. The number of halogens is 2. The van der Waals surface area contributed by atoms with Crippen molar-refractivity contribution in [2.45, 2.75) is 12.0 Å². The average Bonchev–Trinajstić information content (AvgIpc) is 3.08. The van der Waals surface area contributed by atoms with Gasteiger partial charge in [0.2, 0.25) is 0 Å². The second-order valence-electron chi connectivity index (χ2n) is 7.95. The van der Waals surface area contributed by atoms with Crippen LogP contribution in [-0.2, 0) is 14.3 Å². The lowest BCUT2D eigenvalue weighted by Gasteiger charge is -2.39. The number of esters is 1. The molecule has 3 aliphatic heterocycles. The summed E-state index contributed by atoms with van der Waals surface area (Å²) < 4.78 is 38.4. The Labute approximate surface area is 173 Å². The fourth-order valence-corrected chi connectivity index (χ4v) is 4.25. The first-order valence-corrected chi connectivity index (χ1v) is 9.87. The third kappa shape index (κ3) is 4.21. The van der Waals surface area contributed by atoms with Crippen LogP contribution in [0.2, 0.25) is 0 Å². The lowest BCUT2D eigenvalue weighted by molar-refractivity contribution is -0.136. The number of morpholine rings is 1. The molecule has 4 heterocycles. The fraction of sp³-hybridized carbons (Fsp3) is 0.550. The van der Waals surface area contributed by atoms with Gasteiger partial charge in [0.1, 0.15) is 11.5 Å². The standard InChI is InChI=1S/C20H25F2N5O3/c1-26-5-6-30-20(11-26)3-4-27(12-20)10-16-14(19(28)29-2)9-24-18(25-16)17-15(22)7-13(21)8-23-17/h7-8H,3-6,9-12H2,1-2H3,(H,24,25). The highest BCUT2D eigenvalue weighted by Crippen LogP contribution is 2.29. The molecule has 0 radical (unpaired) electrons. The van der Waals surface area contributed by atoms with Crippen molar-refractivity contribution >= 4 is 11.8 Å². The average molecular weight is 421 g/mol. The van der Waals surface area contributed by atoms with Crippen LogP contribution in [0.3, 0.4) is 0 Å². The van der Waals surface area contributed by atoms with Gasteiger partial charge in [0.25, 0.3) is 0 Å². The maximum absolute atomic E-state index is 14.2. The summed E-state index contributed by atoms with van der Waals surface area (Å²) in [6, 6.07) is 0.757. The van der Waals surface area contributed by atoms with E-state index in [0.29, 0.717) is 24.4 Å². The number of carbonyl (C=O) groups is 1. The van der Waals surface area contributed by atoms with Crippen LogP contribution in [0.1, 0.15) is 12.1 Å². The summed E-state index contributed by atoms with van der Waals surface area (Å²) in [4.78, 5) is 24.8. The molecule has 4 rings (SSSR count). The van der Waals surface area contributed by atoms with Gasteiger partial charge in [-0.3, -0.25) is 9.89 Å². The number of likely N-dealkylation sites (N-methyl/N-ethyl adjacent to an activating group) is 1. The lowest BCUT2D eigenvalue weighted by Crippen LogP contribution is -2.52. The quantitative estimate of drug-likeness (QED) is 0.711. The minimum Gasteiger partial charge on any atom is -0.466 e. The van der Waals surface area contributed by atoms with Gasteiger partial charge in [-0.2, -0.15) is 0 Å². The van der Waals surface area contributed by atoms with E-state index in [-0.39, 0.29) is 23.7 Å². The predicted molar refractivity (Wildman–Crippen MR) is 105 cm³/mol. The van der Waals surface area contributed by atoms with E-state index < -0.39 is 17.6 Å². The highest BCUT2D eigenvalue weighted by molar-refractivity contribution is 6.02. The number of aliphatic imine (C=N–C) groups is 1. The Morgan fingerprint density at radius 3 is 2.93 bits per heavy atom. The molecule has 10 heteroatoms. The van der Waals surface area contributed by atoms with Gasteiger partial charge in [0.05, 0.1) is 37.6 Å². The molecular formula is C20H25F2N5O3. The molecule has 0 bridgehead atoms. The summed E-state index contributed by atoms with van der Waals surface area (Å²) in [5, 5.41) is 3.03. The number of hydrogen-bond acceptors (Lipinski definition) is 8. The van der Waals surface area contributed by atoms with E-state index in [4.69, 9.17) is 9.47 Å². The number of likely N-dealkylation sites (tertiary alicyclic amines) is 1. The summed E-state index contributed by atoms with van der Waals surface area (Å²) in [6.07, 6.45) is 1.83. The molecule has 1 aromatic heterocycles. The van der Waals surface area contributed by atoms with Gasteiger partial charge < -0.3 is 19.7 Å². The van der Waals surface area contributed by atoms with Crippen molar-refractivity contribution in [2.24, 2.45) is 4.99 Å². The van der Waals surface area contributed by atoms with Crippen molar-refractivity contribution in [1.29, 1.82) is 0 Å². The number of pyridine rings is 1. The first-order chi connectivity index (χ1) is 14.4. The Kier molecular flexibility index (Phi) is 5.81. The van der Waals surface area contributed by atoms with E-state index in [0.717, 1.165) is 44.9 Å². The Morgan fingerprint density at radius 1 is 1.37 bits per heavy atom. The number of carbonyl (C=O) groups excluding carboxylic acids is 1. The zero-order chi connectivity index (χ0) is 21.3. The number of nitrogens with zero attached hydrogens (tertiary/aromatic N) is 4. The van der Waals surface area contributed by atoms with E-state index in [1.54, 1.807) is 0 Å². The Morgan fingerprint density at radius 2 is 2.20 bits per heavy atom. The molecule has 1 aromatic rings. The van der Waals surface area contributed by atoms with Gasteiger partial charge in [-0.25, -0.2) is 18.6 Å². The molecule has 1 spiro atoms. The molecule has 162 valence electrons. The topological polar surface area (TPSA) is 79.3 Å². The van der Waals surface area contributed by atoms with E-state index in [1.165, 1.54) is 7.11 Å². The van der Waals surface area contributed by atoms with E-state index in [9.17, 15) is 13.6 Å². The van der Waals surface area contributed by atoms with Crippen LogP contribution in [0.5, 0.6) is 0 Å². The minimum atomic E-state index is -0.819. The first-order valence-electron chi connectivity index (χ1n) is 9.87. The molecule has 2 fully saturated rings. The normalized spacial score (nSPS) is 25.4. The Balaban J connectivity index is 1.53. The van der Waals surface area contributed by atoms with E-state index >= 15 is 0 Å². The number of hydrogen-bond donors (Lipinski definition) is 1. The molecule has 1 atom stereocenters. The fourth-order valence-electron chi connectivity index (χ4n) is 4.25. The molecule has 0 aromatic carbocycles. The molecule has 2 saturated heterocycles. The van der Waals surface area contributed by atoms with Crippen LogP contribution >= 0.6 is 0 Å². The second-order valence-corrected chi connectivity index (χ2v) is 7.95. The van der Waals surface area contributed by atoms with Crippen LogP contribution in [0.15, 0.2) is 28.5 Å². The third-order valence-corrected chi connectivity index (χ3v) is 5.71. The number of ether oxygens (including phenoxy) is 2. The smallest absolute Gasteiger partial charge is 0.337 e. The monoisotopic (exact) mass is 421 g/mol. The number of nitrogens with one attached hydrogen (secondary N) is 1. The van der Waals surface area contributed by atoms with Gasteiger partial charge in [-0.15, -0.1) is 0 Å². The molecule has 0 amide bonds. The van der Waals surface area contributed by atoms with Crippen LogP contribution < -0.4 is 5.32 Å². The summed E-state index contributed by atoms with van der Waals surface area (Å²) >= 11 is 0. The molecule has 3 aliphatic rings. The van der Waals surface area contributed by atoms with Crippen molar-refractivity contribution in [1.82, 2.24) is 20.1 Å². The van der Waals surface area contributed by atoms with E-state index in [2.05, 4.69) is 32.1 Å². The summed E-state index contributed by atoms with van der Waals surface area (Å²) in [7, 11) is 3.39. The molecule has 1 unspecified atom stereocenters. The molecule has 0 saturated carbocycles. The van der Waals surface area contributed by atoms with Crippen molar-refractivity contribution in [3.63, 3.8) is 0 Å². The maximum atomic E-state index is 14.2. The second kappa shape index (κ2) is 8.37. The van der Waals surface area contributed by atoms with Gasteiger partial charge in [0.15, 0.2) is 11.7 Å². The number of aromatic nitrogens is 1. The van der Waals surface area contributed by atoms with Gasteiger partial charge in [-0.1, -0.05) is 0 Å². The molecular weight excluding hydrogens is 396 g/mol. The van der Waals surface area contributed by atoms with Gasteiger partial charge in [-0.05, 0) is 13.5 Å². The zero-order valence-corrected chi connectivity index (χ0v) is 17.1. The summed E-state index contributed by atoms with van der Waals surface area (Å²) in [5.74, 6) is -1.91. The highest BCUT2D eigenvalue weighted by atomic mass is 19.1. The van der Waals surface area contributed by atoms with Gasteiger partial charge in [0, 0.05) is 44.5 Å². The van der Waals surface area contributed by atoms with Crippen molar-refractivity contribution < 1.29 is 23.0 Å². The van der Waals surface area contributed by atoms with Crippen LogP contribution in [0.4, 0.5) is 8.78 Å². The van der Waals surface area contributed by atoms with Crippen molar-refractivity contribution in [2.75, 3.05) is 60.0 Å². The van der Waals surface area contributed by atoms with Crippen molar-refractivity contribution in [3.8, 4) is 0 Å². The number of amidine groups is 1. The molecule has 30 heavy (non-hydrogen) atoms. The highest BCUT2D eigenvalue weighted by Gasteiger charge is 2.42. The Bertz CT molecular complexity index is 906. The zero-order valence-electron chi connectivity index (χ0n) is 17.1. The van der Waals surface area contributed by atoms with E-state index in [1.807, 2.05) is 0 Å². The lowest BCUT2D eigenvalue weighted by atomic mass is 10.0. The first kappa shape index (κ1) is 20.8. The molecule has 0 aliphatic carbocycles. The SMILES string of the molecule is COC(=O)C1=C(CN2CCC3(CN(C)CCO3)C2)NC(c2ncc(F)cc2F)=NC1. The van der Waals surface area contributed by atoms with Crippen LogP contribution in [0, 0.1) is 11.6 Å². The summed E-state index contributed by atoms with van der Waals surface area (Å²) in [6.45, 7) is 4.47. The molecule has 8 nitrogen and oxygen atoms in total.